The Morgan fingerprint density at radius 1 is 1.04 bits per heavy atom. The van der Waals surface area contributed by atoms with Crippen LogP contribution >= 0.6 is 0 Å². The van der Waals surface area contributed by atoms with Crippen molar-refractivity contribution in [1.82, 2.24) is 10.9 Å². The Labute approximate surface area is 139 Å². The number of hydrogen-bond donors (Lipinski definition) is 2. The van der Waals surface area contributed by atoms with Crippen molar-refractivity contribution in [1.29, 1.82) is 0 Å². The summed E-state index contributed by atoms with van der Waals surface area (Å²) in [6.07, 6.45) is 7.93. The van der Waals surface area contributed by atoms with Crippen molar-refractivity contribution in [3.63, 3.8) is 0 Å². The molecule has 0 radical (unpaired) electrons. The number of carbonyl (C=O) groups is 2. The Morgan fingerprint density at radius 2 is 1.70 bits per heavy atom. The predicted molar refractivity (Wildman–Crippen MR) is 91.8 cm³/mol. The molecule has 0 heterocycles. The van der Waals surface area contributed by atoms with Crippen molar-refractivity contribution in [3.05, 3.63) is 35.4 Å². The topological polar surface area (TPSA) is 58.2 Å². The number of unbranched alkanes of at least 4 members (excludes halogenated alkanes) is 1. The number of benzene rings is 1. The van der Waals surface area contributed by atoms with E-state index in [-0.39, 0.29) is 17.7 Å². The van der Waals surface area contributed by atoms with Gasteiger partial charge < -0.3 is 0 Å². The highest BCUT2D eigenvalue weighted by Gasteiger charge is 2.26. The minimum atomic E-state index is -0.269. The summed E-state index contributed by atoms with van der Waals surface area (Å²) >= 11 is 0. The highest BCUT2D eigenvalue weighted by Crippen LogP contribution is 2.31. The molecular formula is C19H28N2O2. The number of carbonyl (C=O) groups excluding carboxylic acids is 2. The molecule has 2 rings (SSSR count). The number of hydrogen-bond acceptors (Lipinski definition) is 2. The fraction of sp³-hybridized carbons (Fsp3) is 0.579. The number of hydrazine groups is 1. The first-order valence-corrected chi connectivity index (χ1v) is 8.77. The molecule has 2 N–H and O–H groups in total. The van der Waals surface area contributed by atoms with Gasteiger partial charge in [0.1, 0.15) is 0 Å². The quantitative estimate of drug-likeness (QED) is 0.813. The zero-order valence-electron chi connectivity index (χ0n) is 14.2. The molecule has 1 aliphatic rings. The van der Waals surface area contributed by atoms with Gasteiger partial charge in [-0.2, -0.15) is 0 Å². The average Bonchev–Trinajstić information content (AvgIpc) is 2.58. The summed E-state index contributed by atoms with van der Waals surface area (Å²) in [5, 5.41) is 0. The highest BCUT2D eigenvalue weighted by molar-refractivity contribution is 5.95. The smallest absolute Gasteiger partial charge is 0.269 e. The molecule has 1 aromatic carbocycles. The van der Waals surface area contributed by atoms with Gasteiger partial charge in [-0.3, -0.25) is 20.4 Å². The van der Waals surface area contributed by atoms with Gasteiger partial charge in [0.15, 0.2) is 0 Å². The van der Waals surface area contributed by atoms with E-state index in [1.807, 2.05) is 19.1 Å². The summed E-state index contributed by atoms with van der Waals surface area (Å²) in [6.45, 7) is 4.19. The first-order valence-electron chi connectivity index (χ1n) is 8.77. The van der Waals surface area contributed by atoms with Gasteiger partial charge in [-0.05, 0) is 50.7 Å². The van der Waals surface area contributed by atoms with Crippen LogP contribution < -0.4 is 10.9 Å². The van der Waals surface area contributed by atoms with Crippen LogP contribution in [0.1, 0.15) is 67.8 Å². The summed E-state index contributed by atoms with van der Waals surface area (Å²) in [4.78, 5) is 24.2. The largest absolute Gasteiger partial charge is 0.273 e. The van der Waals surface area contributed by atoms with Gasteiger partial charge in [-0.1, -0.05) is 43.9 Å². The second kappa shape index (κ2) is 8.70. The van der Waals surface area contributed by atoms with E-state index in [1.54, 1.807) is 12.1 Å². The minimum absolute atomic E-state index is 0.0335. The molecule has 1 aromatic rings. The van der Waals surface area contributed by atoms with Crippen LogP contribution in [-0.4, -0.2) is 11.8 Å². The Morgan fingerprint density at radius 3 is 2.30 bits per heavy atom. The Hall–Kier alpha value is -1.84. The number of nitrogens with one attached hydrogen (secondary N) is 2. The van der Waals surface area contributed by atoms with E-state index in [1.165, 1.54) is 19.3 Å². The van der Waals surface area contributed by atoms with E-state index in [2.05, 4.69) is 17.8 Å². The van der Waals surface area contributed by atoms with Crippen molar-refractivity contribution in [2.24, 2.45) is 11.8 Å². The van der Waals surface area contributed by atoms with Gasteiger partial charge in [0.05, 0.1) is 0 Å². The first kappa shape index (κ1) is 17.5. The van der Waals surface area contributed by atoms with Gasteiger partial charge in [0.25, 0.3) is 5.91 Å². The summed E-state index contributed by atoms with van der Waals surface area (Å²) < 4.78 is 0. The van der Waals surface area contributed by atoms with Gasteiger partial charge >= 0.3 is 0 Å². The van der Waals surface area contributed by atoms with E-state index in [0.717, 1.165) is 37.2 Å². The molecule has 0 spiro atoms. The maximum absolute atomic E-state index is 12.2. The van der Waals surface area contributed by atoms with Gasteiger partial charge in [0, 0.05) is 11.5 Å². The molecule has 0 aromatic heterocycles. The van der Waals surface area contributed by atoms with Crippen LogP contribution in [0.5, 0.6) is 0 Å². The molecule has 23 heavy (non-hydrogen) atoms. The van der Waals surface area contributed by atoms with E-state index in [0.29, 0.717) is 5.56 Å². The second-order valence-electron chi connectivity index (χ2n) is 6.67. The molecule has 126 valence electrons. The normalized spacial score (nSPS) is 20.8. The lowest BCUT2D eigenvalue weighted by atomic mass is 9.79. The van der Waals surface area contributed by atoms with Crippen LogP contribution in [0.25, 0.3) is 0 Å². The second-order valence-corrected chi connectivity index (χ2v) is 6.67. The van der Waals surface area contributed by atoms with Crippen LogP contribution in [0, 0.1) is 18.8 Å². The van der Waals surface area contributed by atoms with Crippen molar-refractivity contribution in [3.8, 4) is 0 Å². The first-order chi connectivity index (χ1) is 11.1. The molecule has 1 saturated carbocycles. The van der Waals surface area contributed by atoms with E-state index in [9.17, 15) is 9.59 Å². The lowest BCUT2D eigenvalue weighted by Gasteiger charge is -2.27. The molecule has 0 atom stereocenters. The summed E-state index contributed by atoms with van der Waals surface area (Å²) in [6, 6.07) is 7.29. The number of rotatable bonds is 5. The third-order valence-corrected chi connectivity index (χ3v) is 4.80. The fourth-order valence-electron chi connectivity index (χ4n) is 3.20. The number of aryl methyl sites for hydroxylation is 1. The SMILES string of the molecule is CCCCC1CCC(C(=O)NNC(=O)c2ccc(C)cc2)CC1. The molecular weight excluding hydrogens is 288 g/mol. The van der Waals surface area contributed by atoms with Crippen LogP contribution in [0.3, 0.4) is 0 Å². The van der Waals surface area contributed by atoms with Gasteiger partial charge in [0.2, 0.25) is 5.91 Å². The van der Waals surface area contributed by atoms with Crippen molar-refractivity contribution >= 4 is 11.8 Å². The lowest BCUT2D eigenvalue weighted by molar-refractivity contribution is -0.127. The lowest BCUT2D eigenvalue weighted by Crippen LogP contribution is -2.45. The fourth-order valence-corrected chi connectivity index (χ4v) is 3.20. The third-order valence-electron chi connectivity index (χ3n) is 4.80. The molecule has 1 aliphatic carbocycles. The van der Waals surface area contributed by atoms with Crippen LogP contribution in [-0.2, 0) is 4.79 Å². The van der Waals surface area contributed by atoms with Gasteiger partial charge in [-0.15, -0.1) is 0 Å². The van der Waals surface area contributed by atoms with Gasteiger partial charge in [-0.25, -0.2) is 0 Å². The predicted octanol–water partition coefficient (Wildman–Crippen LogP) is 3.75. The summed E-state index contributed by atoms with van der Waals surface area (Å²) in [5.74, 6) is 0.488. The molecule has 2 amide bonds. The number of amides is 2. The monoisotopic (exact) mass is 316 g/mol. The molecule has 1 fully saturated rings. The highest BCUT2D eigenvalue weighted by atomic mass is 16.2. The zero-order chi connectivity index (χ0) is 16.7. The van der Waals surface area contributed by atoms with Crippen molar-refractivity contribution in [2.75, 3.05) is 0 Å². The standard InChI is InChI=1S/C19H28N2O2/c1-3-4-5-15-8-12-17(13-9-15)19(23)21-20-18(22)16-10-6-14(2)7-11-16/h6-7,10-11,15,17H,3-5,8-9,12-13H2,1-2H3,(H,20,22)(H,21,23). The molecule has 4 heteroatoms. The molecule has 4 nitrogen and oxygen atoms in total. The van der Waals surface area contributed by atoms with Crippen molar-refractivity contribution in [2.45, 2.75) is 58.8 Å². The molecule has 0 unspecified atom stereocenters. The minimum Gasteiger partial charge on any atom is -0.273 e. The maximum atomic E-state index is 12.2. The average molecular weight is 316 g/mol. The maximum Gasteiger partial charge on any atom is 0.269 e. The Kier molecular flexibility index (Phi) is 6.63. The Balaban J connectivity index is 1.73. The van der Waals surface area contributed by atoms with E-state index >= 15 is 0 Å². The van der Waals surface area contributed by atoms with Crippen LogP contribution in [0.2, 0.25) is 0 Å². The summed E-state index contributed by atoms with van der Waals surface area (Å²) in [7, 11) is 0. The zero-order valence-corrected chi connectivity index (χ0v) is 14.2. The summed E-state index contributed by atoms with van der Waals surface area (Å²) in [5.41, 5.74) is 6.76. The van der Waals surface area contributed by atoms with E-state index < -0.39 is 0 Å². The van der Waals surface area contributed by atoms with Crippen LogP contribution in [0.15, 0.2) is 24.3 Å². The van der Waals surface area contributed by atoms with Crippen molar-refractivity contribution < 1.29 is 9.59 Å². The van der Waals surface area contributed by atoms with E-state index in [4.69, 9.17) is 0 Å². The Bertz CT molecular complexity index is 517. The van der Waals surface area contributed by atoms with Crippen LogP contribution in [0.4, 0.5) is 0 Å². The molecule has 0 aliphatic heterocycles. The third kappa shape index (κ3) is 5.38. The molecule has 0 bridgehead atoms. The molecule has 0 saturated heterocycles.